The van der Waals surface area contributed by atoms with Crippen LogP contribution < -0.4 is 0 Å². The molecule has 1 N–H and O–H groups in total. The molecule has 0 spiro atoms. The summed E-state index contributed by atoms with van der Waals surface area (Å²) in [4.78, 5) is 0. The Morgan fingerprint density at radius 3 is 2.12 bits per heavy atom. The van der Waals surface area contributed by atoms with Crippen molar-refractivity contribution in [1.82, 2.24) is 20.6 Å². The highest BCUT2D eigenvalue weighted by Crippen LogP contribution is 2.14. The van der Waals surface area contributed by atoms with Crippen molar-refractivity contribution >= 4 is 12.4 Å². The van der Waals surface area contributed by atoms with Crippen molar-refractivity contribution in [3.8, 4) is 11.3 Å². The number of nitrogens with one attached hydrogen (secondary N) is 1. The van der Waals surface area contributed by atoms with E-state index in [0.717, 1.165) is 11.3 Å². The van der Waals surface area contributed by atoms with Crippen molar-refractivity contribution in [2.45, 2.75) is 0 Å². The average molecular weight is 251 g/mol. The van der Waals surface area contributed by atoms with Gasteiger partial charge in [-0.1, -0.05) is 35.5 Å². The lowest BCUT2D eigenvalue weighted by Crippen LogP contribution is -1.73. The van der Waals surface area contributed by atoms with Crippen LogP contribution in [0.3, 0.4) is 0 Å². The van der Waals surface area contributed by atoms with Gasteiger partial charge in [-0.15, -0.1) is 12.4 Å². The van der Waals surface area contributed by atoms with Crippen LogP contribution in [-0.2, 0) is 0 Å². The highest BCUT2D eigenvalue weighted by Gasteiger charge is 1.96. The van der Waals surface area contributed by atoms with E-state index < -0.39 is 0 Å². The maximum Gasteiger partial charge on any atom is 0.124 e. The third kappa shape index (κ3) is 4.08. The van der Waals surface area contributed by atoms with Crippen LogP contribution in [0.15, 0.2) is 59.6 Å². The lowest BCUT2D eigenvalue weighted by Gasteiger charge is -1.90. The summed E-state index contributed by atoms with van der Waals surface area (Å²) in [7, 11) is 0. The normalized spacial score (nSPS) is 8.71. The first-order valence-corrected chi connectivity index (χ1v) is 4.72. The quantitative estimate of drug-likeness (QED) is 0.721. The second-order valence-corrected chi connectivity index (χ2v) is 2.91. The summed E-state index contributed by atoms with van der Waals surface area (Å²) in [5.41, 5.74) is 1.96. The minimum Gasteiger partial charge on any atom is -0.364 e. The Kier molecular flexibility index (Phi) is 5.46. The molecule has 0 aliphatic heterocycles. The highest BCUT2D eigenvalue weighted by atomic mass is 35.5. The fraction of sp³-hybridized carbons (Fsp3) is 0. The largest absolute Gasteiger partial charge is 0.364 e. The number of aromatic amines is 1. The van der Waals surface area contributed by atoms with E-state index in [1.807, 2.05) is 36.4 Å². The monoisotopic (exact) mass is 250 g/mol. The topological polar surface area (TPSA) is 67.6 Å². The number of rotatable bonds is 1. The maximum atomic E-state index is 4.72. The number of hydrogen-bond donors (Lipinski definition) is 1. The molecule has 0 atom stereocenters. The molecule has 88 valence electrons. The Hall–Kier alpha value is -2.14. The van der Waals surface area contributed by atoms with Crippen molar-refractivity contribution < 1.29 is 4.52 Å². The number of aromatic nitrogens is 4. The number of nitrogens with zero attached hydrogens (tertiary/aromatic N) is 3. The molecule has 0 aliphatic rings. The first-order chi connectivity index (χ1) is 7.97. The van der Waals surface area contributed by atoms with Crippen LogP contribution in [0.1, 0.15) is 0 Å². The SMILES string of the molecule is Cl.c1ccc(-c2ccon2)cc1.c1cn[nH]n1. The van der Waals surface area contributed by atoms with Gasteiger partial charge in [-0.3, -0.25) is 0 Å². The molecule has 0 saturated carbocycles. The number of halogens is 1. The molecule has 3 aromatic rings. The summed E-state index contributed by atoms with van der Waals surface area (Å²) in [6.45, 7) is 0. The zero-order valence-electron chi connectivity index (χ0n) is 8.85. The molecule has 2 heterocycles. The summed E-state index contributed by atoms with van der Waals surface area (Å²) >= 11 is 0. The fourth-order valence-electron chi connectivity index (χ4n) is 1.14. The Morgan fingerprint density at radius 1 is 0.941 bits per heavy atom. The molecule has 0 amide bonds. The second kappa shape index (κ2) is 7.19. The Balaban J connectivity index is 0.000000205. The van der Waals surface area contributed by atoms with Crippen molar-refractivity contribution in [2.24, 2.45) is 0 Å². The van der Waals surface area contributed by atoms with Gasteiger partial charge in [0.2, 0.25) is 0 Å². The molecule has 2 aromatic heterocycles. The molecule has 0 bridgehead atoms. The summed E-state index contributed by atoms with van der Waals surface area (Å²) in [6.07, 6.45) is 4.74. The molecule has 0 saturated heterocycles. The average Bonchev–Trinajstić information content (AvgIpc) is 3.07. The van der Waals surface area contributed by atoms with Crippen LogP contribution in [0.2, 0.25) is 0 Å². The second-order valence-electron chi connectivity index (χ2n) is 2.91. The molecule has 0 aliphatic carbocycles. The molecule has 3 rings (SSSR count). The van der Waals surface area contributed by atoms with Gasteiger partial charge in [0.1, 0.15) is 12.0 Å². The first-order valence-electron chi connectivity index (χ1n) is 4.72. The molecule has 5 nitrogen and oxygen atoms in total. The van der Waals surface area contributed by atoms with Crippen LogP contribution in [0.4, 0.5) is 0 Å². The third-order valence-electron chi connectivity index (χ3n) is 1.84. The highest BCUT2D eigenvalue weighted by molar-refractivity contribution is 5.85. The lowest BCUT2D eigenvalue weighted by atomic mass is 10.2. The van der Waals surface area contributed by atoms with E-state index in [1.54, 1.807) is 18.7 Å². The van der Waals surface area contributed by atoms with E-state index in [9.17, 15) is 0 Å². The van der Waals surface area contributed by atoms with Crippen LogP contribution >= 0.6 is 12.4 Å². The summed E-state index contributed by atoms with van der Waals surface area (Å²) in [5, 5.41) is 13.1. The molecule has 1 aromatic carbocycles. The summed E-state index contributed by atoms with van der Waals surface area (Å²) in [6, 6.07) is 11.8. The minimum atomic E-state index is 0. The first kappa shape index (κ1) is 12.9. The number of H-pyrrole nitrogens is 1. The summed E-state index contributed by atoms with van der Waals surface area (Å²) < 4.78 is 4.72. The van der Waals surface area contributed by atoms with E-state index >= 15 is 0 Å². The zero-order chi connectivity index (χ0) is 11.1. The van der Waals surface area contributed by atoms with Gasteiger partial charge < -0.3 is 4.52 Å². The molecular weight excluding hydrogens is 240 g/mol. The third-order valence-corrected chi connectivity index (χ3v) is 1.84. The standard InChI is InChI=1S/C9H7NO.C2H3N3.ClH/c1-2-4-8(5-3-1)9-6-7-11-10-9;1-2-4-5-3-1;/h1-7H;1-2H,(H,3,4,5);1H. The van der Waals surface area contributed by atoms with Gasteiger partial charge in [-0.05, 0) is 0 Å². The van der Waals surface area contributed by atoms with Gasteiger partial charge in [0.05, 0.1) is 12.4 Å². The Morgan fingerprint density at radius 2 is 1.65 bits per heavy atom. The van der Waals surface area contributed by atoms with Crippen molar-refractivity contribution in [3.05, 3.63) is 55.1 Å². The van der Waals surface area contributed by atoms with E-state index in [-0.39, 0.29) is 12.4 Å². The van der Waals surface area contributed by atoms with Crippen molar-refractivity contribution in [1.29, 1.82) is 0 Å². The van der Waals surface area contributed by atoms with Crippen molar-refractivity contribution in [2.75, 3.05) is 0 Å². The van der Waals surface area contributed by atoms with Gasteiger partial charge in [0.25, 0.3) is 0 Å². The van der Waals surface area contributed by atoms with E-state index in [1.165, 1.54) is 0 Å². The number of benzene rings is 1. The fourth-order valence-corrected chi connectivity index (χ4v) is 1.14. The molecule has 0 fully saturated rings. The molecule has 0 radical (unpaired) electrons. The van der Waals surface area contributed by atoms with Crippen LogP contribution in [0.5, 0.6) is 0 Å². The maximum absolute atomic E-state index is 4.72. The van der Waals surface area contributed by atoms with Gasteiger partial charge in [0.15, 0.2) is 0 Å². The van der Waals surface area contributed by atoms with Crippen LogP contribution in [-0.4, -0.2) is 20.6 Å². The van der Waals surface area contributed by atoms with E-state index in [2.05, 4.69) is 20.6 Å². The van der Waals surface area contributed by atoms with E-state index in [4.69, 9.17) is 4.52 Å². The van der Waals surface area contributed by atoms with Crippen LogP contribution in [0, 0.1) is 0 Å². The molecule has 17 heavy (non-hydrogen) atoms. The molecule has 0 unspecified atom stereocenters. The molecule has 6 heteroatoms. The Labute approximate surface area is 104 Å². The number of hydrogen-bond acceptors (Lipinski definition) is 4. The van der Waals surface area contributed by atoms with Gasteiger partial charge >= 0.3 is 0 Å². The van der Waals surface area contributed by atoms with Gasteiger partial charge in [0, 0.05) is 11.6 Å². The zero-order valence-corrected chi connectivity index (χ0v) is 9.67. The van der Waals surface area contributed by atoms with Gasteiger partial charge in [-0.2, -0.15) is 15.4 Å². The smallest absolute Gasteiger partial charge is 0.124 e. The predicted octanol–water partition coefficient (Wildman–Crippen LogP) is 2.57. The minimum absolute atomic E-state index is 0. The Bertz CT molecular complexity index is 464. The summed E-state index contributed by atoms with van der Waals surface area (Å²) in [5.74, 6) is 0. The lowest BCUT2D eigenvalue weighted by molar-refractivity contribution is 0.422. The molecular formula is C11H11ClN4O. The van der Waals surface area contributed by atoms with Crippen LogP contribution in [0.25, 0.3) is 11.3 Å². The predicted molar refractivity (Wildman–Crippen MR) is 65.6 cm³/mol. The van der Waals surface area contributed by atoms with Crippen molar-refractivity contribution in [3.63, 3.8) is 0 Å². The van der Waals surface area contributed by atoms with E-state index in [0.29, 0.717) is 0 Å². The van der Waals surface area contributed by atoms with Gasteiger partial charge in [-0.25, -0.2) is 0 Å².